The summed E-state index contributed by atoms with van der Waals surface area (Å²) in [5, 5.41) is 12.6. The first-order valence-electron chi connectivity index (χ1n) is 8.47. The van der Waals surface area contributed by atoms with E-state index in [0.717, 1.165) is 5.56 Å². The first-order chi connectivity index (χ1) is 12.1. The molecule has 2 aromatic carbocycles. The Morgan fingerprint density at radius 2 is 1.84 bits per heavy atom. The third-order valence-electron chi connectivity index (χ3n) is 4.44. The number of phenolic OH excluding ortho intramolecular Hbond substituents is 1. The molecule has 130 valence electrons. The predicted molar refractivity (Wildman–Crippen MR) is 94.8 cm³/mol. The van der Waals surface area contributed by atoms with Gasteiger partial charge in [0.15, 0.2) is 0 Å². The van der Waals surface area contributed by atoms with E-state index < -0.39 is 0 Å². The molecule has 1 saturated heterocycles. The van der Waals surface area contributed by atoms with Crippen LogP contribution in [-0.2, 0) is 22.6 Å². The van der Waals surface area contributed by atoms with Crippen LogP contribution in [-0.4, -0.2) is 34.9 Å². The molecule has 2 amide bonds. The number of nitrogens with zero attached hydrogens (tertiary/aromatic N) is 1. The molecular formula is C20H22N2O3. The standard InChI is InChI=1S/C20H22N2O3/c23-18-9-5-4-8-17(18)11-19(24)21-12-16-10-20(25)22(14-16)13-15-6-2-1-3-7-15/h1-9,16,23H,10-14H2,(H,21,24)/t16-/m1/s1. The molecule has 1 atom stereocenters. The van der Waals surface area contributed by atoms with Gasteiger partial charge in [-0.05, 0) is 11.6 Å². The van der Waals surface area contributed by atoms with Gasteiger partial charge in [-0.25, -0.2) is 0 Å². The largest absolute Gasteiger partial charge is 0.508 e. The highest BCUT2D eigenvalue weighted by atomic mass is 16.3. The van der Waals surface area contributed by atoms with Crippen molar-refractivity contribution in [3.05, 3.63) is 65.7 Å². The summed E-state index contributed by atoms with van der Waals surface area (Å²) < 4.78 is 0. The molecule has 0 aliphatic carbocycles. The molecule has 3 rings (SSSR count). The quantitative estimate of drug-likeness (QED) is 0.847. The predicted octanol–water partition coefficient (Wildman–Crippen LogP) is 2.10. The van der Waals surface area contributed by atoms with Gasteiger partial charge in [0.25, 0.3) is 0 Å². The zero-order valence-electron chi connectivity index (χ0n) is 14.0. The van der Waals surface area contributed by atoms with Gasteiger partial charge >= 0.3 is 0 Å². The van der Waals surface area contributed by atoms with Gasteiger partial charge in [-0.3, -0.25) is 9.59 Å². The van der Waals surface area contributed by atoms with Crippen molar-refractivity contribution in [2.75, 3.05) is 13.1 Å². The van der Waals surface area contributed by atoms with E-state index in [1.165, 1.54) is 0 Å². The summed E-state index contributed by atoms with van der Waals surface area (Å²) >= 11 is 0. The van der Waals surface area contributed by atoms with Crippen molar-refractivity contribution in [2.24, 2.45) is 5.92 Å². The van der Waals surface area contributed by atoms with E-state index in [0.29, 0.717) is 31.6 Å². The highest BCUT2D eigenvalue weighted by Crippen LogP contribution is 2.20. The molecule has 0 saturated carbocycles. The van der Waals surface area contributed by atoms with Crippen LogP contribution in [0.25, 0.3) is 0 Å². The Hall–Kier alpha value is -2.82. The van der Waals surface area contributed by atoms with Crippen molar-refractivity contribution in [3.63, 3.8) is 0 Å². The number of hydrogen-bond donors (Lipinski definition) is 2. The van der Waals surface area contributed by atoms with E-state index in [-0.39, 0.29) is 29.9 Å². The number of benzene rings is 2. The maximum Gasteiger partial charge on any atom is 0.224 e. The summed E-state index contributed by atoms with van der Waals surface area (Å²) in [6.45, 7) is 1.75. The van der Waals surface area contributed by atoms with Crippen molar-refractivity contribution in [2.45, 2.75) is 19.4 Å². The summed E-state index contributed by atoms with van der Waals surface area (Å²) in [4.78, 5) is 26.0. The van der Waals surface area contributed by atoms with Crippen LogP contribution in [0.2, 0.25) is 0 Å². The van der Waals surface area contributed by atoms with E-state index in [4.69, 9.17) is 0 Å². The molecule has 2 aromatic rings. The zero-order valence-corrected chi connectivity index (χ0v) is 14.0. The average Bonchev–Trinajstić information content (AvgIpc) is 2.96. The van der Waals surface area contributed by atoms with Gasteiger partial charge in [0, 0.05) is 37.5 Å². The monoisotopic (exact) mass is 338 g/mol. The Bertz CT molecular complexity index is 746. The summed E-state index contributed by atoms with van der Waals surface area (Å²) in [6.07, 6.45) is 0.602. The van der Waals surface area contributed by atoms with Gasteiger partial charge in [0.05, 0.1) is 6.42 Å². The lowest BCUT2D eigenvalue weighted by Crippen LogP contribution is -2.32. The van der Waals surface area contributed by atoms with Crippen molar-refractivity contribution in [1.29, 1.82) is 0 Å². The van der Waals surface area contributed by atoms with Crippen LogP contribution in [0.3, 0.4) is 0 Å². The molecule has 0 unspecified atom stereocenters. The minimum absolute atomic E-state index is 0.128. The van der Waals surface area contributed by atoms with Gasteiger partial charge in [0.1, 0.15) is 5.75 Å². The van der Waals surface area contributed by atoms with Crippen LogP contribution >= 0.6 is 0 Å². The fourth-order valence-corrected chi connectivity index (χ4v) is 3.10. The van der Waals surface area contributed by atoms with Gasteiger partial charge in [-0.1, -0.05) is 48.5 Å². The third-order valence-corrected chi connectivity index (χ3v) is 4.44. The smallest absolute Gasteiger partial charge is 0.224 e. The number of carbonyl (C=O) groups is 2. The first-order valence-corrected chi connectivity index (χ1v) is 8.47. The second kappa shape index (κ2) is 7.83. The molecule has 0 aromatic heterocycles. The summed E-state index contributed by atoms with van der Waals surface area (Å²) in [5.41, 5.74) is 1.72. The van der Waals surface area contributed by atoms with Crippen LogP contribution in [0.15, 0.2) is 54.6 Å². The molecule has 1 aliphatic rings. The van der Waals surface area contributed by atoms with Crippen LogP contribution in [0.5, 0.6) is 5.75 Å². The van der Waals surface area contributed by atoms with Crippen molar-refractivity contribution < 1.29 is 14.7 Å². The molecule has 5 heteroatoms. The second-order valence-corrected chi connectivity index (χ2v) is 6.44. The minimum Gasteiger partial charge on any atom is -0.508 e. The number of likely N-dealkylation sites (tertiary alicyclic amines) is 1. The molecule has 2 N–H and O–H groups in total. The van der Waals surface area contributed by atoms with Gasteiger partial charge in [-0.2, -0.15) is 0 Å². The van der Waals surface area contributed by atoms with E-state index in [1.54, 1.807) is 24.3 Å². The fraction of sp³-hybridized carbons (Fsp3) is 0.300. The average molecular weight is 338 g/mol. The summed E-state index contributed by atoms with van der Waals surface area (Å²) in [7, 11) is 0. The highest BCUT2D eigenvalue weighted by Gasteiger charge is 2.29. The number of amides is 2. The number of nitrogens with one attached hydrogen (secondary N) is 1. The molecule has 1 aliphatic heterocycles. The van der Waals surface area contributed by atoms with Crippen LogP contribution < -0.4 is 5.32 Å². The molecule has 1 heterocycles. The van der Waals surface area contributed by atoms with Gasteiger partial charge in [-0.15, -0.1) is 0 Å². The van der Waals surface area contributed by atoms with E-state index >= 15 is 0 Å². The minimum atomic E-state index is -0.143. The molecule has 0 spiro atoms. The fourth-order valence-electron chi connectivity index (χ4n) is 3.10. The lowest BCUT2D eigenvalue weighted by molar-refractivity contribution is -0.128. The number of phenols is 1. The topological polar surface area (TPSA) is 69.6 Å². The molecule has 25 heavy (non-hydrogen) atoms. The Kier molecular flexibility index (Phi) is 5.33. The number of rotatable bonds is 6. The maximum absolute atomic E-state index is 12.1. The molecule has 5 nitrogen and oxygen atoms in total. The summed E-state index contributed by atoms with van der Waals surface area (Å²) in [6, 6.07) is 16.7. The molecule has 1 fully saturated rings. The first kappa shape index (κ1) is 17.0. The molecule has 0 radical (unpaired) electrons. The maximum atomic E-state index is 12.1. The van der Waals surface area contributed by atoms with Crippen molar-refractivity contribution >= 4 is 11.8 Å². The number of para-hydroxylation sites is 1. The van der Waals surface area contributed by atoms with E-state index in [9.17, 15) is 14.7 Å². The van der Waals surface area contributed by atoms with Gasteiger partial charge < -0.3 is 15.3 Å². The third kappa shape index (κ3) is 4.59. The highest BCUT2D eigenvalue weighted by molar-refractivity contribution is 5.80. The van der Waals surface area contributed by atoms with Gasteiger partial charge in [0.2, 0.25) is 11.8 Å². The van der Waals surface area contributed by atoms with Crippen LogP contribution in [0.4, 0.5) is 0 Å². The van der Waals surface area contributed by atoms with E-state index in [1.807, 2.05) is 35.2 Å². The van der Waals surface area contributed by atoms with Crippen LogP contribution in [0, 0.1) is 5.92 Å². The second-order valence-electron chi connectivity index (χ2n) is 6.44. The van der Waals surface area contributed by atoms with Crippen molar-refractivity contribution in [1.82, 2.24) is 10.2 Å². The van der Waals surface area contributed by atoms with Crippen molar-refractivity contribution in [3.8, 4) is 5.75 Å². The van der Waals surface area contributed by atoms with Crippen LogP contribution in [0.1, 0.15) is 17.5 Å². The Morgan fingerprint density at radius 3 is 2.60 bits per heavy atom. The molecule has 0 bridgehead atoms. The lowest BCUT2D eigenvalue weighted by Gasteiger charge is -2.17. The SMILES string of the molecule is O=C(Cc1ccccc1O)NC[C@H]1CC(=O)N(Cc2ccccc2)C1. The summed E-state index contributed by atoms with van der Waals surface area (Å²) in [5.74, 6) is 0.242. The Balaban J connectivity index is 1.47. The lowest BCUT2D eigenvalue weighted by atomic mass is 10.1. The normalized spacial score (nSPS) is 16.9. The number of aromatic hydroxyl groups is 1. The Labute approximate surface area is 147 Å². The number of carbonyl (C=O) groups excluding carboxylic acids is 2. The molecular weight excluding hydrogens is 316 g/mol. The number of hydrogen-bond acceptors (Lipinski definition) is 3. The zero-order chi connectivity index (χ0) is 17.6. The Morgan fingerprint density at radius 1 is 1.12 bits per heavy atom. The van der Waals surface area contributed by atoms with E-state index in [2.05, 4.69) is 5.32 Å².